The van der Waals surface area contributed by atoms with Crippen molar-refractivity contribution in [1.29, 1.82) is 0 Å². The van der Waals surface area contributed by atoms with Crippen molar-refractivity contribution in [1.82, 2.24) is 14.3 Å². The fourth-order valence-electron chi connectivity index (χ4n) is 3.00. The summed E-state index contributed by atoms with van der Waals surface area (Å²) in [6, 6.07) is 8.38. The molecule has 1 fully saturated rings. The first-order chi connectivity index (χ1) is 11.4. The highest BCUT2D eigenvalue weighted by Gasteiger charge is 2.31. The van der Waals surface area contributed by atoms with Crippen LogP contribution in [0.25, 0.3) is 0 Å². The van der Waals surface area contributed by atoms with Gasteiger partial charge in [-0.05, 0) is 31.9 Å². The first-order valence-electron chi connectivity index (χ1n) is 7.74. The standard InChI is InChI=1S/C16H19N3O4S/c1-11-14(16(20)21)18-15(17-11)12-7-9-19(10-8-12)24(22,23)13-5-3-2-4-6-13/h2-6,12H,7-10H2,1H3,(H,17,18)(H,20,21). The van der Waals surface area contributed by atoms with Crippen LogP contribution in [-0.2, 0) is 10.0 Å². The van der Waals surface area contributed by atoms with Gasteiger partial charge in [0.15, 0.2) is 5.69 Å². The zero-order chi connectivity index (χ0) is 17.3. The van der Waals surface area contributed by atoms with Crippen LogP contribution in [0.5, 0.6) is 0 Å². The molecule has 1 aliphatic heterocycles. The maximum Gasteiger partial charge on any atom is 0.356 e. The zero-order valence-corrected chi connectivity index (χ0v) is 14.1. The number of benzene rings is 1. The number of aromatic nitrogens is 2. The Morgan fingerprint density at radius 1 is 1.25 bits per heavy atom. The number of sulfonamides is 1. The third-order valence-corrected chi connectivity index (χ3v) is 6.24. The number of carboxylic acids is 1. The monoisotopic (exact) mass is 349 g/mol. The third-order valence-electron chi connectivity index (χ3n) is 4.33. The highest BCUT2D eigenvalue weighted by atomic mass is 32.2. The van der Waals surface area contributed by atoms with Crippen molar-refractivity contribution in [2.45, 2.75) is 30.6 Å². The van der Waals surface area contributed by atoms with Crippen molar-refractivity contribution < 1.29 is 18.3 Å². The molecule has 0 saturated carbocycles. The van der Waals surface area contributed by atoms with Crippen LogP contribution in [-0.4, -0.2) is 46.9 Å². The molecule has 128 valence electrons. The van der Waals surface area contributed by atoms with E-state index < -0.39 is 16.0 Å². The van der Waals surface area contributed by atoms with Crippen molar-refractivity contribution >= 4 is 16.0 Å². The van der Waals surface area contributed by atoms with Crippen molar-refractivity contribution in [3.63, 3.8) is 0 Å². The molecular weight excluding hydrogens is 330 g/mol. The van der Waals surface area contributed by atoms with Crippen molar-refractivity contribution in [3.8, 4) is 0 Å². The SMILES string of the molecule is Cc1[nH]c(C2CCN(S(=O)(=O)c3ccccc3)CC2)nc1C(=O)O. The number of aryl methyl sites for hydroxylation is 1. The van der Waals surface area contributed by atoms with E-state index in [9.17, 15) is 13.2 Å². The van der Waals surface area contributed by atoms with Gasteiger partial charge >= 0.3 is 5.97 Å². The number of hydrogen-bond donors (Lipinski definition) is 2. The van der Waals surface area contributed by atoms with E-state index in [1.807, 2.05) is 0 Å². The van der Waals surface area contributed by atoms with Gasteiger partial charge in [-0.15, -0.1) is 0 Å². The fourth-order valence-corrected chi connectivity index (χ4v) is 4.49. The van der Waals surface area contributed by atoms with Crippen LogP contribution in [0.15, 0.2) is 35.2 Å². The molecule has 0 bridgehead atoms. The van der Waals surface area contributed by atoms with Crippen LogP contribution in [0.3, 0.4) is 0 Å². The number of carboxylic acid groups (broad SMARTS) is 1. The van der Waals surface area contributed by atoms with Gasteiger partial charge in [0, 0.05) is 24.7 Å². The molecular formula is C16H19N3O4S. The number of aromatic carboxylic acids is 1. The van der Waals surface area contributed by atoms with Gasteiger partial charge in [-0.1, -0.05) is 18.2 Å². The average Bonchev–Trinajstić information content (AvgIpc) is 2.98. The maximum atomic E-state index is 12.6. The lowest BCUT2D eigenvalue weighted by atomic mass is 9.97. The van der Waals surface area contributed by atoms with E-state index >= 15 is 0 Å². The smallest absolute Gasteiger partial charge is 0.356 e. The van der Waals surface area contributed by atoms with E-state index in [1.54, 1.807) is 37.3 Å². The van der Waals surface area contributed by atoms with Gasteiger partial charge in [0.2, 0.25) is 10.0 Å². The van der Waals surface area contributed by atoms with E-state index in [-0.39, 0.29) is 11.6 Å². The van der Waals surface area contributed by atoms with Gasteiger partial charge in [-0.25, -0.2) is 18.2 Å². The van der Waals surface area contributed by atoms with Crippen LogP contribution in [0.1, 0.15) is 40.8 Å². The minimum atomic E-state index is -3.48. The molecule has 0 atom stereocenters. The number of rotatable bonds is 4. The molecule has 7 nitrogen and oxygen atoms in total. The summed E-state index contributed by atoms with van der Waals surface area (Å²) in [5.74, 6) is -0.389. The second-order valence-electron chi connectivity index (χ2n) is 5.89. The molecule has 0 amide bonds. The Morgan fingerprint density at radius 3 is 2.42 bits per heavy atom. The minimum Gasteiger partial charge on any atom is -0.476 e. The Morgan fingerprint density at radius 2 is 1.88 bits per heavy atom. The summed E-state index contributed by atoms with van der Waals surface area (Å²) in [5, 5.41) is 9.08. The van der Waals surface area contributed by atoms with Gasteiger partial charge in [0.25, 0.3) is 0 Å². The second-order valence-corrected chi connectivity index (χ2v) is 7.83. The Kier molecular flexibility index (Phi) is 4.42. The van der Waals surface area contributed by atoms with Crippen molar-refractivity contribution in [3.05, 3.63) is 47.5 Å². The first kappa shape index (κ1) is 16.7. The second kappa shape index (κ2) is 6.37. The molecule has 0 aliphatic carbocycles. The minimum absolute atomic E-state index is 0.0318. The lowest BCUT2D eigenvalue weighted by molar-refractivity contribution is 0.0690. The number of imidazole rings is 1. The predicted molar refractivity (Wildman–Crippen MR) is 87.5 cm³/mol. The van der Waals surface area contributed by atoms with Gasteiger partial charge in [-0.3, -0.25) is 0 Å². The molecule has 3 rings (SSSR count). The summed E-state index contributed by atoms with van der Waals surface area (Å²) < 4.78 is 26.7. The predicted octanol–water partition coefficient (Wildman–Crippen LogP) is 1.98. The number of nitrogens with one attached hydrogen (secondary N) is 1. The molecule has 1 saturated heterocycles. The van der Waals surface area contributed by atoms with E-state index in [2.05, 4.69) is 9.97 Å². The lowest BCUT2D eigenvalue weighted by Gasteiger charge is -2.30. The molecule has 2 N–H and O–H groups in total. The lowest BCUT2D eigenvalue weighted by Crippen LogP contribution is -2.38. The molecule has 1 aliphatic rings. The molecule has 24 heavy (non-hydrogen) atoms. The van der Waals surface area contributed by atoms with Crippen molar-refractivity contribution in [2.75, 3.05) is 13.1 Å². The Labute approximate surface area is 140 Å². The average molecular weight is 349 g/mol. The van der Waals surface area contributed by atoms with E-state index in [0.717, 1.165) is 0 Å². The normalized spacial score (nSPS) is 17.0. The van der Waals surface area contributed by atoms with Crippen LogP contribution in [0.2, 0.25) is 0 Å². The van der Waals surface area contributed by atoms with Gasteiger partial charge in [-0.2, -0.15) is 4.31 Å². The quantitative estimate of drug-likeness (QED) is 0.878. The third kappa shape index (κ3) is 3.07. The number of H-pyrrole nitrogens is 1. The number of piperidine rings is 1. The van der Waals surface area contributed by atoms with Gasteiger partial charge in [0.1, 0.15) is 5.82 Å². The summed E-state index contributed by atoms with van der Waals surface area (Å²) in [6.07, 6.45) is 1.22. The largest absolute Gasteiger partial charge is 0.476 e. The number of aromatic amines is 1. The molecule has 0 spiro atoms. The zero-order valence-electron chi connectivity index (χ0n) is 13.3. The maximum absolute atomic E-state index is 12.6. The summed E-state index contributed by atoms with van der Waals surface area (Å²) >= 11 is 0. The van der Waals surface area contributed by atoms with Crippen molar-refractivity contribution in [2.24, 2.45) is 0 Å². The van der Waals surface area contributed by atoms with Crippen LogP contribution in [0.4, 0.5) is 0 Å². The Balaban J connectivity index is 1.72. The first-order valence-corrected chi connectivity index (χ1v) is 9.18. The van der Waals surface area contributed by atoms with E-state index in [0.29, 0.717) is 42.3 Å². The Hall–Kier alpha value is -2.19. The summed E-state index contributed by atoms with van der Waals surface area (Å²) in [6.45, 7) is 2.46. The van der Waals surface area contributed by atoms with Crippen LogP contribution in [0, 0.1) is 6.92 Å². The summed E-state index contributed by atoms with van der Waals surface area (Å²) in [4.78, 5) is 18.6. The summed E-state index contributed by atoms with van der Waals surface area (Å²) in [5.41, 5.74) is 0.557. The van der Waals surface area contributed by atoms with Gasteiger partial charge < -0.3 is 10.1 Å². The highest BCUT2D eigenvalue weighted by molar-refractivity contribution is 7.89. The molecule has 0 radical (unpaired) electrons. The highest BCUT2D eigenvalue weighted by Crippen LogP contribution is 2.29. The van der Waals surface area contributed by atoms with Crippen LogP contribution < -0.4 is 0 Å². The van der Waals surface area contributed by atoms with Crippen LogP contribution >= 0.6 is 0 Å². The molecule has 1 aromatic carbocycles. The fraction of sp³-hybridized carbons (Fsp3) is 0.375. The Bertz CT molecular complexity index is 837. The van der Waals surface area contributed by atoms with E-state index in [1.165, 1.54) is 4.31 Å². The molecule has 8 heteroatoms. The number of nitrogens with zero attached hydrogens (tertiary/aromatic N) is 2. The number of carbonyl (C=O) groups is 1. The molecule has 0 unspecified atom stereocenters. The van der Waals surface area contributed by atoms with E-state index in [4.69, 9.17) is 5.11 Å². The summed E-state index contributed by atoms with van der Waals surface area (Å²) in [7, 11) is -3.48. The molecule has 2 heterocycles. The molecule has 2 aromatic rings. The molecule has 1 aromatic heterocycles. The topological polar surface area (TPSA) is 103 Å². The number of hydrogen-bond acceptors (Lipinski definition) is 4. The van der Waals surface area contributed by atoms with Gasteiger partial charge in [0.05, 0.1) is 4.90 Å².